The van der Waals surface area contributed by atoms with Gasteiger partial charge in [0.1, 0.15) is 11.8 Å². The van der Waals surface area contributed by atoms with Gasteiger partial charge in [0.15, 0.2) is 0 Å². The Hall–Kier alpha value is -3.57. The van der Waals surface area contributed by atoms with Crippen LogP contribution in [0.15, 0.2) is 115 Å². The Bertz CT molecular complexity index is 1200. The zero-order valence-electron chi connectivity index (χ0n) is 17.8. The van der Waals surface area contributed by atoms with Crippen molar-refractivity contribution in [1.29, 1.82) is 0 Å². The molecule has 0 aliphatic rings. The van der Waals surface area contributed by atoms with Crippen molar-refractivity contribution in [2.24, 2.45) is 0 Å². The van der Waals surface area contributed by atoms with Crippen molar-refractivity contribution >= 4 is 17.9 Å². The van der Waals surface area contributed by atoms with Gasteiger partial charge >= 0.3 is 0 Å². The maximum absolute atomic E-state index is 14.5. The van der Waals surface area contributed by atoms with Crippen molar-refractivity contribution in [3.8, 4) is 17.6 Å². The van der Waals surface area contributed by atoms with E-state index in [0.717, 1.165) is 27.5 Å². The molecule has 1 N–H and O–H groups in total. The summed E-state index contributed by atoms with van der Waals surface area (Å²) in [7, 11) is -1.51. The summed E-state index contributed by atoms with van der Waals surface area (Å²) < 4.78 is 19.7. The van der Waals surface area contributed by atoms with Gasteiger partial charge in [0, 0.05) is 16.2 Å². The maximum atomic E-state index is 14.5. The molecule has 0 aliphatic heterocycles. The molecule has 0 unspecified atom stereocenters. The Morgan fingerprint density at radius 3 is 1.72 bits per heavy atom. The van der Waals surface area contributed by atoms with Crippen LogP contribution in [0.3, 0.4) is 0 Å². The minimum atomic E-state index is -3.15. The Balaban J connectivity index is 1.77. The van der Waals surface area contributed by atoms with E-state index < -0.39 is 13.3 Å². The Morgan fingerprint density at radius 2 is 1.22 bits per heavy atom. The molecule has 0 amide bonds. The summed E-state index contributed by atoms with van der Waals surface area (Å²) in [6.45, 7) is 0. The molecular weight excluding hydrogens is 413 g/mol. The van der Waals surface area contributed by atoms with E-state index in [-0.39, 0.29) is 0 Å². The number of ether oxygens (including phenoxy) is 1. The third kappa shape index (κ3) is 5.01. The van der Waals surface area contributed by atoms with E-state index in [1.54, 1.807) is 7.11 Å². The first-order valence-electron chi connectivity index (χ1n) is 10.4. The Morgan fingerprint density at radius 1 is 0.719 bits per heavy atom. The lowest BCUT2D eigenvalue weighted by molar-refractivity contribution is 0.415. The van der Waals surface area contributed by atoms with E-state index >= 15 is 0 Å². The second kappa shape index (κ2) is 10.2. The van der Waals surface area contributed by atoms with Crippen LogP contribution >= 0.6 is 7.29 Å². The van der Waals surface area contributed by atoms with Crippen LogP contribution in [-0.2, 0) is 4.57 Å². The fourth-order valence-electron chi connectivity index (χ4n) is 3.42. The molecule has 0 radical (unpaired) electrons. The molecule has 1 atom stereocenters. The van der Waals surface area contributed by atoms with Crippen LogP contribution in [0.4, 0.5) is 0 Å². The van der Waals surface area contributed by atoms with Gasteiger partial charge < -0.3 is 4.74 Å². The van der Waals surface area contributed by atoms with Gasteiger partial charge in [-0.1, -0.05) is 78.6 Å². The van der Waals surface area contributed by atoms with Crippen LogP contribution in [0.5, 0.6) is 5.75 Å². The van der Waals surface area contributed by atoms with Gasteiger partial charge in [0.25, 0.3) is 0 Å². The smallest absolute Gasteiger partial charge is 0.205 e. The highest BCUT2D eigenvalue weighted by molar-refractivity contribution is 7.76. The fourth-order valence-corrected chi connectivity index (χ4v) is 5.78. The summed E-state index contributed by atoms with van der Waals surface area (Å²) in [6, 6.07) is 36.2. The Kier molecular flexibility index (Phi) is 6.87. The summed E-state index contributed by atoms with van der Waals surface area (Å²) in [5.74, 6) is 7.33. The second-order valence-electron chi connectivity index (χ2n) is 7.25. The van der Waals surface area contributed by atoms with Crippen molar-refractivity contribution < 1.29 is 9.30 Å². The molecule has 158 valence electrons. The van der Waals surface area contributed by atoms with Crippen LogP contribution in [0.1, 0.15) is 17.2 Å². The Labute approximate surface area is 189 Å². The summed E-state index contributed by atoms with van der Waals surface area (Å²) >= 11 is 0. The molecule has 4 rings (SSSR count). The van der Waals surface area contributed by atoms with Crippen LogP contribution in [0.2, 0.25) is 0 Å². The average molecular weight is 437 g/mol. The monoisotopic (exact) mass is 437 g/mol. The normalized spacial score (nSPS) is 11.8. The molecule has 32 heavy (non-hydrogen) atoms. The molecule has 0 fully saturated rings. The van der Waals surface area contributed by atoms with Crippen molar-refractivity contribution in [3.63, 3.8) is 0 Å². The molecular formula is C28H24NO2P. The van der Waals surface area contributed by atoms with Crippen LogP contribution < -0.4 is 20.4 Å². The lowest BCUT2D eigenvalue weighted by atomic mass is 10.1. The highest BCUT2D eigenvalue weighted by Gasteiger charge is 2.30. The highest BCUT2D eigenvalue weighted by Crippen LogP contribution is 2.41. The molecule has 0 spiro atoms. The lowest BCUT2D eigenvalue weighted by Gasteiger charge is -2.24. The van der Waals surface area contributed by atoms with E-state index in [0.29, 0.717) is 0 Å². The minimum absolute atomic E-state index is 0.426. The van der Waals surface area contributed by atoms with Gasteiger partial charge in [-0.25, -0.2) is 5.09 Å². The minimum Gasteiger partial charge on any atom is -0.497 e. The quantitative estimate of drug-likeness (QED) is 0.328. The zero-order valence-corrected chi connectivity index (χ0v) is 18.7. The van der Waals surface area contributed by atoms with Crippen LogP contribution in [-0.4, -0.2) is 7.11 Å². The third-order valence-corrected chi connectivity index (χ3v) is 7.81. The van der Waals surface area contributed by atoms with E-state index in [1.807, 2.05) is 115 Å². The summed E-state index contributed by atoms with van der Waals surface area (Å²) in [4.78, 5) is 0. The summed E-state index contributed by atoms with van der Waals surface area (Å²) in [5, 5.41) is 4.93. The highest BCUT2D eigenvalue weighted by atomic mass is 31.2. The van der Waals surface area contributed by atoms with Crippen molar-refractivity contribution in [3.05, 3.63) is 126 Å². The van der Waals surface area contributed by atoms with E-state index in [2.05, 4.69) is 16.9 Å². The van der Waals surface area contributed by atoms with Crippen molar-refractivity contribution in [2.45, 2.75) is 6.04 Å². The molecule has 4 aromatic rings. The van der Waals surface area contributed by atoms with Crippen molar-refractivity contribution in [1.82, 2.24) is 5.09 Å². The first kappa shape index (κ1) is 21.7. The summed E-state index contributed by atoms with van der Waals surface area (Å²) in [6.07, 6.45) is 0. The maximum Gasteiger partial charge on any atom is 0.205 e. The fraction of sp³-hybridized carbons (Fsp3) is 0.0714. The van der Waals surface area contributed by atoms with Gasteiger partial charge in [-0.2, -0.15) is 0 Å². The predicted molar refractivity (Wildman–Crippen MR) is 132 cm³/mol. The molecule has 0 saturated carbocycles. The van der Waals surface area contributed by atoms with Crippen LogP contribution in [0.25, 0.3) is 0 Å². The van der Waals surface area contributed by atoms with Gasteiger partial charge in [-0.05, 0) is 54.1 Å². The van der Waals surface area contributed by atoms with Crippen molar-refractivity contribution in [2.75, 3.05) is 7.11 Å². The number of nitrogens with one attached hydrogen (secondary N) is 1. The number of rotatable bonds is 6. The second-order valence-corrected chi connectivity index (χ2v) is 9.76. The van der Waals surface area contributed by atoms with E-state index in [9.17, 15) is 4.57 Å². The first-order valence-corrected chi connectivity index (χ1v) is 12.1. The number of hydrogen-bond acceptors (Lipinski definition) is 2. The van der Waals surface area contributed by atoms with Gasteiger partial charge in [-0.15, -0.1) is 0 Å². The topological polar surface area (TPSA) is 38.3 Å². The molecule has 0 heterocycles. The van der Waals surface area contributed by atoms with Crippen LogP contribution in [0, 0.1) is 11.8 Å². The summed E-state index contributed by atoms with van der Waals surface area (Å²) in [5.41, 5.74) is 1.82. The van der Waals surface area contributed by atoms with E-state index in [1.165, 1.54) is 0 Å². The van der Waals surface area contributed by atoms with Gasteiger partial charge in [-0.3, -0.25) is 4.57 Å². The average Bonchev–Trinajstić information content (AvgIpc) is 2.88. The molecule has 0 saturated heterocycles. The molecule has 0 aromatic heterocycles. The molecule has 4 heteroatoms. The molecule has 0 aliphatic carbocycles. The number of hydrogen-bond donors (Lipinski definition) is 1. The largest absolute Gasteiger partial charge is 0.497 e. The number of methoxy groups -OCH3 is 1. The lowest BCUT2D eigenvalue weighted by Crippen LogP contribution is -2.30. The van der Waals surface area contributed by atoms with Gasteiger partial charge in [0.05, 0.1) is 7.11 Å². The number of benzene rings is 4. The zero-order chi connectivity index (χ0) is 22.2. The molecule has 3 nitrogen and oxygen atoms in total. The molecule has 4 aromatic carbocycles. The van der Waals surface area contributed by atoms with E-state index in [4.69, 9.17) is 4.74 Å². The standard InChI is InChI=1S/C28H24NO2P/c1-31-25-20-17-23(18-21-25)19-22-28(24-11-5-2-6-12-24)29-32(30,26-13-7-3-8-14-26)27-15-9-4-10-16-27/h2-18,20-21,28H,1H3,(H,29,30)/t28-/m1/s1. The predicted octanol–water partition coefficient (Wildman–Crippen LogP) is 5.31. The first-order chi connectivity index (χ1) is 15.7. The third-order valence-electron chi connectivity index (χ3n) is 5.13. The van der Waals surface area contributed by atoms with Gasteiger partial charge in [0.2, 0.25) is 7.29 Å². The SMILES string of the molecule is COc1ccc(C#C[C@@H](NP(=O)(c2ccccc2)c2ccccc2)c2ccccc2)cc1. The molecule has 0 bridgehead atoms.